The minimum atomic E-state index is -1.20. The molecule has 3 aliphatic rings. The van der Waals surface area contributed by atoms with E-state index in [2.05, 4.69) is 13.8 Å². The van der Waals surface area contributed by atoms with E-state index in [1.165, 1.54) is 4.90 Å². The van der Waals surface area contributed by atoms with Gasteiger partial charge in [-0.05, 0) is 51.9 Å². The fourth-order valence-corrected chi connectivity index (χ4v) is 5.69. The second-order valence-corrected chi connectivity index (χ2v) is 12.7. The molecule has 3 rings (SSSR count). The lowest BCUT2D eigenvalue weighted by atomic mass is 9.70. The average Bonchev–Trinajstić information content (AvgIpc) is 2.74. The molecule has 0 aliphatic carbocycles. The largest absolute Gasteiger partial charge is 0.352 e. The van der Waals surface area contributed by atoms with Gasteiger partial charge in [-0.1, -0.05) is 34.6 Å². The van der Waals surface area contributed by atoms with Crippen LogP contribution in [-0.2, 0) is 33.3 Å². The fraction of sp³-hybridized carbons (Fsp3) is 0.926. The van der Waals surface area contributed by atoms with Gasteiger partial charge in [-0.3, -0.25) is 14.5 Å². The molecule has 0 aromatic heterocycles. The zero-order chi connectivity index (χ0) is 26.3. The minimum Gasteiger partial charge on any atom is -0.352 e. The van der Waals surface area contributed by atoms with Crippen LogP contribution in [0.2, 0.25) is 0 Å². The molecule has 0 aromatic carbocycles. The van der Waals surface area contributed by atoms with Gasteiger partial charge in [-0.2, -0.15) is 0 Å². The van der Waals surface area contributed by atoms with Crippen molar-refractivity contribution in [2.45, 2.75) is 118 Å². The van der Waals surface area contributed by atoms with Crippen molar-refractivity contribution in [1.82, 2.24) is 4.90 Å². The number of carbonyl (C=O) groups excluding carboxylic acids is 2. The number of ether oxygens (including phenoxy) is 5. The average molecular weight is 498 g/mol. The molecule has 0 atom stereocenters. The molecule has 0 radical (unpaired) electrons. The van der Waals surface area contributed by atoms with Gasteiger partial charge in [0.1, 0.15) is 0 Å². The van der Waals surface area contributed by atoms with E-state index in [1.54, 1.807) is 0 Å². The first-order valence-corrected chi connectivity index (χ1v) is 13.2. The summed E-state index contributed by atoms with van der Waals surface area (Å²) in [6, 6.07) is 0. The number of imide groups is 1. The third kappa shape index (κ3) is 6.09. The maximum atomic E-state index is 13.2. The Morgan fingerprint density at radius 3 is 1.91 bits per heavy atom. The second-order valence-electron chi connectivity index (χ2n) is 12.7. The molecule has 1 spiro atoms. The van der Waals surface area contributed by atoms with E-state index in [-0.39, 0.29) is 34.9 Å². The summed E-state index contributed by atoms with van der Waals surface area (Å²) in [6.07, 6.45) is 2.33. The molecule has 3 aliphatic heterocycles. The fourth-order valence-electron chi connectivity index (χ4n) is 5.69. The third-order valence-electron chi connectivity index (χ3n) is 8.01. The second kappa shape index (κ2) is 10.0. The molecule has 0 unspecified atom stereocenters. The Balaban J connectivity index is 1.66. The number of hydrogen-bond acceptors (Lipinski definition) is 7. The smallest absolute Gasteiger partial charge is 0.283 e. The third-order valence-corrected chi connectivity index (χ3v) is 8.01. The summed E-state index contributed by atoms with van der Waals surface area (Å²) in [4.78, 5) is 27.8. The van der Waals surface area contributed by atoms with Gasteiger partial charge >= 0.3 is 0 Å². The Kier molecular flexibility index (Phi) is 8.15. The first-order chi connectivity index (χ1) is 16.1. The molecule has 0 N–H and O–H groups in total. The number of nitrogens with zero attached hydrogens (tertiary/aromatic N) is 1. The topological polar surface area (TPSA) is 83.5 Å². The quantitative estimate of drug-likeness (QED) is 0.452. The molecule has 8 heteroatoms. The predicted octanol–water partition coefficient (Wildman–Crippen LogP) is 4.64. The SMILES string of the molecule is CCC1OCC2(CO1)COC(CC)(OC(C)(C)CC(C)(C)N1C(=O)CC(C)(C(C)C)CC1=O)OC2. The Hall–Kier alpha value is -1.06. The highest BCUT2D eigenvalue weighted by molar-refractivity contribution is 5.99. The highest BCUT2D eigenvalue weighted by Gasteiger charge is 2.52. The number of likely N-dealkylation sites (tertiary alicyclic amines) is 1. The number of rotatable bonds is 8. The lowest BCUT2D eigenvalue weighted by molar-refractivity contribution is -0.453. The van der Waals surface area contributed by atoms with Crippen LogP contribution in [0.3, 0.4) is 0 Å². The molecule has 3 heterocycles. The first kappa shape index (κ1) is 28.5. The molecular formula is C27H47NO7. The molecule has 35 heavy (non-hydrogen) atoms. The van der Waals surface area contributed by atoms with Crippen LogP contribution in [-0.4, -0.2) is 66.5 Å². The van der Waals surface area contributed by atoms with Gasteiger partial charge in [0.05, 0.1) is 37.4 Å². The Bertz CT molecular complexity index is 754. The van der Waals surface area contributed by atoms with E-state index in [0.29, 0.717) is 52.1 Å². The van der Waals surface area contributed by atoms with Crippen LogP contribution in [0.25, 0.3) is 0 Å². The summed E-state index contributed by atoms with van der Waals surface area (Å²) in [5.74, 6) is -1.17. The lowest BCUT2D eigenvalue weighted by Gasteiger charge is -2.51. The van der Waals surface area contributed by atoms with E-state index in [4.69, 9.17) is 23.7 Å². The van der Waals surface area contributed by atoms with E-state index in [1.807, 2.05) is 48.5 Å². The van der Waals surface area contributed by atoms with Gasteiger partial charge in [0.25, 0.3) is 5.97 Å². The van der Waals surface area contributed by atoms with Crippen LogP contribution in [0.4, 0.5) is 0 Å². The standard InChI is InChI=1S/C27H47NO7/c1-10-22-31-15-26(16-32-22)17-33-27(11-2,34-18-26)35-24(7,8)14-23(5,6)28-20(29)12-25(9,19(3)4)13-21(28)30/h19,22H,10-18H2,1-9H3. The maximum Gasteiger partial charge on any atom is 0.283 e. The number of hydrogen-bond donors (Lipinski definition) is 0. The molecule has 8 nitrogen and oxygen atoms in total. The maximum absolute atomic E-state index is 13.2. The molecule has 202 valence electrons. The van der Waals surface area contributed by atoms with Gasteiger partial charge in [0, 0.05) is 24.8 Å². The molecule has 0 saturated carbocycles. The zero-order valence-electron chi connectivity index (χ0n) is 23.3. The Morgan fingerprint density at radius 2 is 1.49 bits per heavy atom. The van der Waals surface area contributed by atoms with Crippen molar-refractivity contribution in [2.24, 2.45) is 16.7 Å². The normalized spacial score (nSPS) is 32.5. The Labute approximate surface area is 211 Å². The van der Waals surface area contributed by atoms with Crippen molar-refractivity contribution >= 4 is 11.8 Å². The lowest BCUT2D eigenvalue weighted by Crippen LogP contribution is -2.61. The van der Waals surface area contributed by atoms with E-state index < -0.39 is 17.1 Å². The monoisotopic (exact) mass is 497 g/mol. The van der Waals surface area contributed by atoms with Crippen molar-refractivity contribution in [2.75, 3.05) is 26.4 Å². The molecular weight excluding hydrogens is 450 g/mol. The molecule has 0 bridgehead atoms. The van der Waals surface area contributed by atoms with Crippen LogP contribution in [0.1, 0.15) is 94.4 Å². The summed E-state index contributed by atoms with van der Waals surface area (Å²) in [6.45, 7) is 19.8. The van der Waals surface area contributed by atoms with Gasteiger partial charge in [0.2, 0.25) is 11.8 Å². The zero-order valence-corrected chi connectivity index (χ0v) is 23.3. The van der Waals surface area contributed by atoms with Crippen molar-refractivity contribution in [3.05, 3.63) is 0 Å². The van der Waals surface area contributed by atoms with Crippen molar-refractivity contribution in [3.8, 4) is 0 Å². The summed E-state index contributed by atoms with van der Waals surface area (Å²) < 4.78 is 30.6. The summed E-state index contributed by atoms with van der Waals surface area (Å²) in [7, 11) is 0. The van der Waals surface area contributed by atoms with E-state index in [0.717, 1.165) is 6.42 Å². The van der Waals surface area contributed by atoms with E-state index >= 15 is 0 Å². The van der Waals surface area contributed by atoms with Gasteiger partial charge in [0.15, 0.2) is 6.29 Å². The van der Waals surface area contributed by atoms with Gasteiger partial charge < -0.3 is 23.7 Å². The highest BCUT2D eigenvalue weighted by Crippen LogP contribution is 2.44. The van der Waals surface area contributed by atoms with Gasteiger partial charge in [-0.15, -0.1) is 0 Å². The van der Waals surface area contributed by atoms with Crippen LogP contribution in [0, 0.1) is 16.7 Å². The predicted molar refractivity (Wildman–Crippen MR) is 131 cm³/mol. The van der Waals surface area contributed by atoms with Crippen molar-refractivity contribution in [1.29, 1.82) is 0 Å². The van der Waals surface area contributed by atoms with Crippen molar-refractivity contribution in [3.63, 3.8) is 0 Å². The molecule has 0 aromatic rings. The number of piperidine rings is 1. The first-order valence-electron chi connectivity index (χ1n) is 13.2. The summed E-state index contributed by atoms with van der Waals surface area (Å²) in [5.41, 5.74) is -2.09. The number of carbonyl (C=O) groups is 2. The molecule has 2 amide bonds. The van der Waals surface area contributed by atoms with Crippen LogP contribution in [0.5, 0.6) is 0 Å². The molecule has 3 fully saturated rings. The summed E-state index contributed by atoms with van der Waals surface area (Å²) >= 11 is 0. The molecule has 3 saturated heterocycles. The minimum absolute atomic E-state index is 0.113. The van der Waals surface area contributed by atoms with Crippen LogP contribution < -0.4 is 0 Å². The van der Waals surface area contributed by atoms with Crippen molar-refractivity contribution < 1.29 is 33.3 Å². The van der Waals surface area contributed by atoms with Gasteiger partial charge in [-0.25, -0.2) is 0 Å². The number of amides is 2. The van der Waals surface area contributed by atoms with Crippen LogP contribution >= 0.6 is 0 Å². The van der Waals surface area contributed by atoms with Crippen LogP contribution in [0.15, 0.2) is 0 Å². The Morgan fingerprint density at radius 1 is 0.971 bits per heavy atom. The highest BCUT2D eigenvalue weighted by atomic mass is 16.9. The van der Waals surface area contributed by atoms with E-state index in [9.17, 15) is 9.59 Å². The summed E-state index contributed by atoms with van der Waals surface area (Å²) in [5, 5.41) is 0.